The van der Waals surface area contributed by atoms with Crippen molar-refractivity contribution in [2.24, 2.45) is 0 Å². The van der Waals surface area contributed by atoms with E-state index in [-0.39, 0.29) is 17.2 Å². The summed E-state index contributed by atoms with van der Waals surface area (Å²) in [5, 5.41) is 0.0771. The van der Waals surface area contributed by atoms with Gasteiger partial charge in [-0.1, -0.05) is 58.2 Å². The van der Waals surface area contributed by atoms with Gasteiger partial charge >= 0.3 is 0 Å². The van der Waals surface area contributed by atoms with Crippen LogP contribution in [0.4, 0.5) is 4.39 Å². The molecule has 2 unspecified atom stereocenters. The van der Waals surface area contributed by atoms with Gasteiger partial charge in [0.1, 0.15) is 17.3 Å². The molecule has 0 fully saturated rings. The number of ether oxygens (including phenoxy) is 3. The van der Waals surface area contributed by atoms with Crippen molar-refractivity contribution in [3.05, 3.63) is 93.7 Å². The minimum atomic E-state index is -0.276. The summed E-state index contributed by atoms with van der Waals surface area (Å²) in [4.78, 5) is 0. The predicted octanol–water partition coefficient (Wildman–Crippen LogP) is 7.03. The van der Waals surface area contributed by atoms with E-state index in [4.69, 9.17) is 14.2 Å². The zero-order valence-electron chi connectivity index (χ0n) is 19.3. The Morgan fingerprint density at radius 1 is 0.848 bits per heavy atom. The van der Waals surface area contributed by atoms with Crippen molar-refractivity contribution in [3.63, 3.8) is 0 Å². The molecular formula is C26H29BrFNO3S. The van der Waals surface area contributed by atoms with Gasteiger partial charge in [0.15, 0.2) is 0 Å². The third-order valence-electron chi connectivity index (χ3n) is 5.30. The molecule has 2 atom stereocenters. The van der Waals surface area contributed by atoms with Gasteiger partial charge < -0.3 is 14.2 Å². The Kier molecular flexibility index (Phi) is 9.62. The third kappa shape index (κ3) is 7.21. The van der Waals surface area contributed by atoms with Crippen molar-refractivity contribution in [3.8, 4) is 11.5 Å². The molecule has 4 nitrogen and oxygen atoms in total. The molecule has 0 aromatic heterocycles. The largest absolute Gasteiger partial charge is 0.497 e. The van der Waals surface area contributed by atoms with E-state index in [1.165, 1.54) is 23.3 Å². The fourth-order valence-corrected chi connectivity index (χ4v) is 5.46. The number of hydrogen-bond donors (Lipinski definition) is 0. The highest BCUT2D eigenvalue weighted by Gasteiger charge is 2.25. The lowest BCUT2D eigenvalue weighted by atomic mass is 10.1. The summed E-state index contributed by atoms with van der Waals surface area (Å²) in [6.45, 7) is 3.61. The summed E-state index contributed by atoms with van der Waals surface area (Å²) >= 11 is 5.22. The molecule has 176 valence electrons. The van der Waals surface area contributed by atoms with Crippen molar-refractivity contribution in [2.45, 2.75) is 31.4 Å². The number of hydrogen-bond acceptors (Lipinski definition) is 5. The Bertz CT molecular complexity index is 968. The van der Waals surface area contributed by atoms with Crippen LogP contribution in [0.2, 0.25) is 0 Å². The Morgan fingerprint density at radius 3 is 1.79 bits per heavy atom. The second kappa shape index (κ2) is 12.4. The normalized spacial score (nSPS) is 13.1. The molecule has 0 N–H and O–H groups in total. The average Bonchev–Trinajstić information content (AvgIpc) is 2.82. The van der Waals surface area contributed by atoms with E-state index in [2.05, 4.69) is 51.4 Å². The first-order valence-corrected chi connectivity index (χ1v) is 12.2. The maximum atomic E-state index is 13.6. The van der Waals surface area contributed by atoms with Crippen molar-refractivity contribution in [1.82, 2.24) is 4.31 Å². The molecule has 0 saturated heterocycles. The molecular weight excluding hydrogens is 505 g/mol. The van der Waals surface area contributed by atoms with Crippen molar-refractivity contribution in [1.29, 1.82) is 0 Å². The van der Waals surface area contributed by atoms with Crippen LogP contribution in [0, 0.1) is 5.82 Å². The van der Waals surface area contributed by atoms with E-state index in [0.29, 0.717) is 4.47 Å². The highest BCUT2D eigenvalue weighted by molar-refractivity contribution is 9.10. The number of benzene rings is 3. The molecule has 3 aromatic carbocycles. The van der Waals surface area contributed by atoms with Crippen LogP contribution in [-0.2, 0) is 17.8 Å². The van der Waals surface area contributed by atoms with Gasteiger partial charge in [0.2, 0.25) is 0 Å². The van der Waals surface area contributed by atoms with E-state index in [0.717, 1.165) is 30.2 Å². The Balaban J connectivity index is 1.81. The molecule has 7 heteroatoms. The van der Waals surface area contributed by atoms with Crippen LogP contribution in [0.1, 0.15) is 29.7 Å². The Hall–Kier alpha value is -2.06. The van der Waals surface area contributed by atoms with E-state index in [1.54, 1.807) is 39.3 Å². The fraction of sp³-hybridized carbons (Fsp3) is 0.308. The summed E-state index contributed by atoms with van der Waals surface area (Å²) in [7, 11) is 5.02. The first kappa shape index (κ1) is 25.6. The van der Waals surface area contributed by atoms with Gasteiger partial charge in [-0.25, -0.2) is 8.70 Å². The number of rotatable bonds is 11. The summed E-state index contributed by atoms with van der Waals surface area (Å²) in [6.07, 6.45) is -0.209. The van der Waals surface area contributed by atoms with Crippen LogP contribution in [0.25, 0.3) is 0 Å². The lowest BCUT2D eigenvalue weighted by Gasteiger charge is -2.30. The summed E-state index contributed by atoms with van der Waals surface area (Å²) < 4.78 is 33.1. The molecule has 0 spiro atoms. The summed E-state index contributed by atoms with van der Waals surface area (Å²) in [5.74, 6) is 1.39. The summed E-state index contributed by atoms with van der Waals surface area (Å²) in [6, 6.07) is 20.9. The van der Waals surface area contributed by atoms with Gasteiger partial charge in [-0.2, -0.15) is 0 Å². The number of methoxy groups -OCH3 is 3. The van der Waals surface area contributed by atoms with Crippen LogP contribution in [-0.4, -0.2) is 30.9 Å². The second-order valence-electron chi connectivity index (χ2n) is 7.63. The van der Waals surface area contributed by atoms with Crippen molar-refractivity contribution in [2.75, 3.05) is 21.3 Å². The van der Waals surface area contributed by atoms with Crippen LogP contribution < -0.4 is 9.47 Å². The molecule has 0 aliphatic rings. The molecule has 33 heavy (non-hydrogen) atoms. The van der Waals surface area contributed by atoms with Gasteiger partial charge in [-0.05, 0) is 60.0 Å². The molecule has 0 bridgehead atoms. The van der Waals surface area contributed by atoms with Gasteiger partial charge in [0, 0.05) is 29.9 Å². The van der Waals surface area contributed by atoms with E-state index in [9.17, 15) is 4.39 Å². The van der Waals surface area contributed by atoms with Gasteiger partial charge in [0.25, 0.3) is 0 Å². The van der Waals surface area contributed by atoms with Crippen LogP contribution in [0.5, 0.6) is 11.5 Å². The second-order valence-corrected chi connectivity index (χ2v) is 9.95. The molecule has 0 heterocycles. The summed E-state index contributed by atoms with van der Waals surface area (Å²) in [5.41, 5.74) is 3.29. The highest BCUT2D eigenvalue weighted by Crippen LogP contribution is 2.36. The Morgan fingerprint density at radius 2 is 1.36 bits per heavy atom. The van der Waals surface area contributed by atoms with E-state index < -0.39 is 0 Å². The minimum Gasteiger partial charge on any atom is -0.497 e. The standard InChI is InChI=1S/C26H29BrFNO3S/c1-18(26(32-4)24-14-9-21(28)15-25(24)27)33-29(16-19-5-10-22(30-2)11-6-19)17-20-7-12-23(31-3)13-8-20/h5-15,18,26H,16-17H2,1-4H3. The monoisotopic (exact) mass is 533 g/mol. The van der Waals surface area contributed by atoms with Crippen LogP contribution in [0.3, 0.4) is 0 Å². The molecule has 0 saturated carbocycles. The molecule has 0 aliphatic heterocycles. The molecule has 3 aromatic rings. The van der Waals surface area contributed by atoms with Gasteiger partial charge in [0.05, 0.1) is 20.3 Å². The van der Waals surface area contributed by atoms with E-state index in [1.807, 2.05) is 24.3 Å². The van der Waals surface area contributed by atoms with Crippen LogP contribution in [0.15, 0.2) is 71.2 Å². The topological polar surface area (TPSA) is 30.9 Å². The van der Waals surface area contributed by atoms with Gasteiger partial charge in [-0.3, -0.25) is 0 Å². The first-order valence-electron chi connectivity index (χ1n) is 10.6. The smallest absolute Gasteiger partial charge is 0.124 e. The van der Waals surface area contributed by atoms with E-state index >= 15 is 0 Å². The maximum absolute atomic E-state index is 13.6. The maximum Gasteiger partial charge on any atom is 0.124 e. The average molecular weight is 534 g/mol. The zero-order valence-corrected chi connectivity index (χ0v) is 21.7. The SMILES string of the molecule is COc1ccc(CN(Cc2ccc(OC)cc2)SC(C)C(OC)c2ccc(F)cc2Br)cc1. The number of halogens is 2. The van der Waals surface area contributed by atoms with Crippen molar-refractivity contribution < 1.29 is 18.6 Å². The highest BCUT2D eigenvalue weighted by atomic mass is 79.9. The Labute approximate surface area is 208 Å². The molecule has 0 radical (unpaired) electrons. The molecule has 0 aliphatic carbocycles. The van der Waals surface area contributed by atoms with Gasteiger partial charge in [-0.15, -0.1) is 0 Å². The lowest BCUT2D eigenvalue weighted by molar-refractivity contribution is 0.103. The number of nitrogens with zero attached hydrogens (tertiary/aromatic N) is 1. The van der Waals surface area contributed by atoms with Crippen molar-refractivity contribution >= 4 is 27.9 Å². The molecule has 3 rings (SSSR count). The zero-order chi connectivity index (χ0) is 23.8. The lowest BCUT2D eigenvalue weighted by Crippen LogP contribution is -2.23. The first-order chi connectivity index (χ1) is 15.9. The van der Waals surface area contributed by atoms with Crippen LogP contribution >= 0.6 is 27.9 Å². The third-order valence-corrected chi connectivity index (χ3v) is 7.12. The minimum absolute atomic E-state index is 0.0771. The fourth-order valence-electron chi connectivity index (χ4n) is 3.59. The quantitative estimate of drug-likeness (QED) is 0.247. The predicted molar refractivity (Wildman–Crippen MR) is 136 cm³/mol. The molecule has 0 amide bonds.